The third-order valence-corrected chi connectivity index (χ3v) is 5.21. The van der Waals surface area contributed by atoms with Crippen LogP contribution in [-0.2, 0) is 10.0 Å². The highest BCUT2D eigenvalue weighted by atomic mass is 35.5. The lowest BCUT2D eigenvalue weighted by molar-refractivity contribution is 0.0967. The van der Waals surface area contributed by atoms with Crippen molar-refractivity contribution < 1.29 is 13.2 Å². The highest BCUT2D eigenvalue weighted by molar-refractivity contribution is 7.92. The molecule has 20 heavy (non-hydrogen) atoms. The summed E-state index contributed by atoms with van der Waals surface area (Å²) in [6.45, 7) is 0. The average molecular weight is 331 g/mol. The molecule has 0 atom stereocenters. The van der Waals surface area contributed by atoms with Crippen molar-refractivity contribution in [1.82, 2.24) is 5.32 Å². The van der Waals surface area contributed by atoms with Crippen LogP contribution in [0.1, 0.15) is 9.67 Å². The second-order valence-electron chi connectivity index (χ2n) is 3.81. The minimum atomic E-state index is -3.76. The minimum absolute atomic E-state index is 0.0287. The van der Waals surface area contributed by atoms with Gasteiger partial charge in [-0.2, -0.15) is 0 Å². The summed E-state index contributed by atoms with van der Waals surface area (Å²) in [7, 11) is -2.28. The molecule has 0 aliphatic carbocycles. The van der Waals surface area contributed by atoms with E-state index in [-0.39, 0.29) is 10.8 Å². The van der Waals surface area contributed by atoms with Gasteiger partial charge in [-0.3, -0.25) is 9.52 Å². The molecule has 0 aliphatic heterocycles. The summed E-state index contributed by atoms with van der Waals surface area (Å²) in [5.74, 6) is -0.325. The van der Waals surface area contributed by atoms with Crippen LogP contribution in [0.15, 0.2) is 40.6 Å². The van der Waals surface area contributed by atoms with Crippen molar-refractivity contribution >= 4 is 44.6 Å². The van der Waals surface area contributed by atoms with Crippen molar-refractivity contribution in [3.63, 3.8) is 0 Å². The van der Waals surface area contributed by atoms with Gasteiger partial charge in [-0.25, -0.2) is 8.42 Å². The molecule has 0 aliphatic rings. The quantitative estimate of drug-likeness (QED) is 0.904. The molecular weight excluding hydrogens is 320 g/mol. The van der Waals surface area contributed by atoms with Crippen LogP contribution < -0.4 is 10.0 Å². The Morgan fingerprint density at radius 1 is 1.30 bits per heavy atom. The number of anilines is 1. The van der Waals surface area contributed by atoms with Gasteiger partial charge in [0.2, 0.25) is 0 Å². The number of rotatable bonds is 4. The fraction of sp³-hybridized carbons (Fsp3) is 0.0833. The van der Waals surface area contributed by atoms with Crippen LogP contribution in [0.2, 0.25) is 5.02 Å². The number of sulfonamides is 1. The van der Waals surface area contributed by atoms with E-state index in [9.17, 15) is 13.2 Å². The summed E-state index contributed by atoms with van der Waals surface area (Å²) < 4.78 is 26.8. The van der Waals surface area contributed by atoms with E-state index in [1.807, 2.05) is 0 Å². The van der Waals surface area contributed by atoms with E-state index in [1.54, 1.807) is 24.3 Å². The normalized spacial score (nSPS) is 11.1. The number of amides is 1. The Bertz CT molecular complexity index is 741. The van der Waals surface area contributed by atoms with Crippen LogP contribution in [0, 0.1) is 0 Å². The Morgan fingerprint density at radius 3 is 2.65 bits per heavy atom. The molecule has 106 valence electrons. The first-order chi connectivity index (χ1) is 9.44. The highest BCUT2D eigenvalue weighted by Crippen LogP contribution is 2.26. The van der Waals surface area contributed by atoms with E-state index in [0.29, 0.717) is 15.6 Å². The molecule has 2 N–H and O–H groups in total. The number of carbonyl (C=O) groups excluding carboxylic acids is 1. The van der Waals surface area contributed by atoms with Gasteiger partial charge in [0, 0.05) is 12.4 Å². The van der Waals surface area contributed by atoms with Gasteiger partial charge in [0.15, 0.2) is 0 Å². The Hall–Kier alpha value is -1.57. The van der Waals surface area contributed by atoms with E-state index in [2.05, 4.69) is 10.0 Å². The molecule has 0 fully saturated rings. The van der Waals surface area contributed by atoms with Gasteiger partial charge in [0.05, 0.1) is 20.5 Å². The number of benzene rings is 1. The van der Waals surface area contributed by atoms with Crippen molar-refractivity contribution in [1.29, 1.82) is 0 Å². The highest BCUT2D eigenvalue weighted by Gasteiger charge is 2.19. The van der Waals surface area contributed by atoms with Crippen molar-refractivity contribution in [3.8, 4) is 0 Å². The molecule has 1 heterocycles. The molecule has 0 saturated carbocycles. The van der Waals surface area contributed by atoms with E-state index >= 15 is 0 Å². The van der Waals surface area contributed by atoms with Gasteiger partial charge in [-0.15, -0.1) is 11.3 Å². The molecule has 0 unspecified atom stereocenters. The van der Waals surface area contributed by atoms with Gasteiger partial charge in [-0.05, 0) is 18.2 Å². The maximum Gasteiger partial charge on any atom is 0.262 e. The van der Waals surface area contributed by atoms with Gasteiger partial charge in [0.1, 0.15) is 0 Å². The van der Waals surface area contributed by atoms with Gasteiger partial charge in [0.25, 0.3) is 15.9 Å². The number of hydrogen-bond acceptors (Lipinski definition) is 4. The number of halogens is 1. The number of carbonyl (C=O) groups is 1. The predicted octanol–water partition coefficient (Wildman–Crippen LogP) is 2.56. The topological polar surface area (TPSA) is 75.3 Å². The largest absolute Gasteiger partial charge is 0.354 e. The molecule has 0 bridgehead atoms. The van der Waals surface area contributed by atoms with Crippen molar-refractivity contribution in [2.45, 2.75) is 4.90 Å². The first-order valence-corrected chi connectivity index (χ1v) is 8.26. The molecule has 0 spiro atoms. The van der Waals surface area contributed by atoms with E-state index in [4.69, 9.17) is 11.6 Å². The maximum absolute atomic E-state index is 12.2. The van der Waals surface area contributed by atoms with Crippen molar-refractivity contribution in [2.24, 2.45) is 0 Å². The number of thiophene rings is 1. The van der Waals surface area contributed by atoms with E-state index in [0.717, 1.165) is 11.3 Å². The predicted molar refractivity (Wildman–Crippen MR) is 80.0 cm³/mol. The Morgan fingerprint density at radius 2 is 2.00 bits per heavy atom. The third-order valence-electron chi connectivity index (χ3n) is 2.45. The van der Waals surface area contributed by atoms with Crippen molar-refractivity contribution in [2.75, 3.05) is 11.8 Å². The lowest BCUT2D eigenvalue weighted by atomic mass is 10.3. The molecule has 0 radical (unpaired) electrons. The molecule has 2 aromatic rings. The number of hydrogen-bond donors (Lipinski definition) is 2. The fourth-order valence-electron chi connectivity index (χ4n) is 1.45. The molecule has 2 rings (SSSR count). The molecular formula is C12H11ClN2O3S2. The van der Waals surface area contributed by atoms with Gasteiger partial charge >= 0.3 is 0 Å². The minimum Gasteiger partial charge on any atom is -0.354 e. The standard InChI is InChI=1S/C12H11ClN2O3S2/c1-14-12(16)11-6-8(7-19-11)20(17,18)15-10-5-3-2-4-9(10)13/h2-7,15H,1H3,(H,14,16). The summed E-state index contributed by atoms with van der Waals surface area (Å²) in [4.78, 5) is 11.8. The summed E-state index contributed by atoms with van der Waals surface area (Å²) >= 11 is 6.97. The zero-order valence-electron chi connectivity index (χ0n) is 10.4. The summed E-state index contributed by atoms with van der Waals surface area (Å²) in [6, 6.07) is 7.85. The van der Waals surface area contributed by atoms with Crippen LogP contribution in [0.3, 0.4) is 0 Å². The van der Waals surface area contributed by atoms with Crippen LogP contribution in [0.25, 0.3) is 0 Å². The maximum atomic E-state index is 12.2. The monoisotopic (exact) mass is 330 g/mol. The Kier molecular flexibility index (Phi) is 4.32. The first-order valence-electron chi connectivity index (χ1n) is 5.52. The summed E-state index contributed by atoms with van der Waals surface area (Å²) in [6.07, 6.45) is 0. The average Bonchev–Trinajstić information content (AvgIpc) is 2.91. The number of nitrogens with one attached hydrogen (secondary N) is 2. The zero-order valence-corrected chi connectivity index (χ0v) is 12.8. The number of para-hydroxylation sites is 1. The smallest absolute Gasteiger partial charge is 0.262 e. The first kappa shape index (κ1) is 14.8. The second-order valence-corrected chi connectivity index (χ2v) is 6.81. The molecule has 0 saturated heterocycles. The summed E-state index contributed by atoms with van der Waals surface area (Å²) in [5, 5.41) is 4.15. The van der Waals surface area contributed by atoms with Crippen LogP contribution >= 0.6 is 22.9 Å². The van der Waals surface area contributed by atoms with Crippen LogP contribution in [-0.4, -0.2) is 21.4 Å². The zero-order chi connectivity index (χ0) is 14.8. The van der Waals surface area contributed by atoms with Gasteiger partial charge in [-0.1, -0.05) is 23.7 Å². The van der Waals surface area contributed by atoms with Crippen molar-refractivity contribution in [3.05, 3.63) is 45.6 Å². The molecule has 1 amide bonds. The van der Waals surface area contributed by atoms with Crippen LogP contribution in [0.4, 0.5) is 5.69 Å². The Balaban J connectivity index is 2.29. The SMILES string of the molecule is CNC(=O)c1cc(S(=O)(=O)Nc2ccccc2Cl)cs1. The van der Waals surface area contributed by atoms with Gasteiger partial charge < -0.3 is 5.32 Å². The fourth-order valence-corrected chi connectivity index (χ4v) is 3.99. The van der Waals surface area contributed by atoms with Crippen LogP contribution in [0.5, 0.6) is 0 Å². The lowest BCUT2D eigenvalue weighted by Crippen LogP contribution is -2.16. The molecule has 1 aromatic heterocycles. The molecule has 1 aromatic carbocycles. The lowest BCUT2D eigenvalue weighted by Gasteiger charge is -2.07. The summed E-state index contributed by atoms with van der Waals surface area (Å²) in [5.41, 5.74) is 0.293. The second kappa shape index (κ2) is 5.82. The Labute approximate surface area is 125 Å². The van der Waals surface area contributed by atoms with E-state index < -0.39 is 10.0 Å². The molecule has 5 nitrogen and oxygen atoms in total. The molecule has 8 heteroatoms. The third kappa shape index (κ3) is 3.12. The van der Waals surface area contributed by atoms with E-state index in [1.165, 1.54) is 18.5 Å².